The molecule has 0 aromatic heterocycles. The zero-order valence-electron chi connectivity index (χ0n) is 12.7. The highest BCUT2D eigenvalue weighted by atomic mass is 19.1. The van der Waals surface area contributed by atoms with Crippen molar-refractivity contribution in [2.45, 2.75) is 40.2 Å². The average molecular weight is 296 g/mol. The van der Waals surface area contributed by atoms with E-state index in [1.165, 1.54) is 12.1 Å². The number of urea groups is 1. The van der Waals surface area contributed by atoms with Crippen molar-refractivity contribution in [2.75, 3.05) is 5.32 Å². The second kappa shape index (κ2) is 6.56. The molecule has 0 saturated carbocycles. The molecule has 3 N–H and O–H groups in total. The molecule has 0 aliphatic carbocycles. The highest BCUT2D eigenvalue weighted by Crippen LogP contribution is 2.22. The fourth-order valence-corrected chi connectivity index (χ4v) is 1.79. The normalized spacial score (nSPS) is 12.6. The van der Waals surface area contributed by atoms with Crippen molar-refractivity contribution < 1.29 is 19.1 Å². The molecule has 0 aliphatic rings. The van der Waals surface area contributed by atoms with Crippen molar-refractivity contribution in [1.29, 1.82) is 0 Å². The van der Waals surface area contributed by atoms with E-state index in [1.807, 2.05) is 20.8 Å². The summed E-state index contributed by atoms with van der Waals surface area (Å²) in [4.78, 5) is 22.8. The number of amides is 2. The van der Waals surface area contributed by atoms with E-state index in [0.29, 0.717) is 0 Å². The monoisotopic (exact) mass is 296 g/mol. The minimum atomic E-state index is -1.00. The Kier molecular flexibility index (Phi) is 5.29. The zero-order chi connectivity index (χ0) is 16.2. The lowest BCUT2D eigenvalue weighted by atomic mass is 9.85. The van der Waals surface area contributed by atoms with Gasteiger partial charge in [0.05, 0.1) is 12.1 Å². The van der Waals surface area contributed by atoms with Crippen molar-refractivity contribution in [3.05, 3.63) is 29.6 Å². The van der Waals surface area contributed by atoms with Gasteiger partial charge >= 0.3 is 12.0 Å². The quantitative estimate of drug-likeness (QED) is 0.798. The number of hydrogen-bond donors (Lipinski definition) is 3. The van der Waals surface area contributed by atoms with Crippen molar-refractivity contribution >= 4 is 17.7 Å². The SMILES string of the molecule is Cc1ccc(NC(=O)NC(CC(=O)O)C(C)(C)C)c(F)c1. The lowest BCUT2D eigenvalue weighted by Crippen LogP contribution is -2.46. The van der Waals surface area contributed by atoms with Crippen LogP contribution in [0.3, 0.4) is 0 Å². The van der Waals surface area contributed by atoms with E-state index in [4.69, 9.17) is 5.11 Å². The van der Waals surface area contributed by atoms with Crippen LogP contribution in [0.1, 0.15) is 32.8 Å². The molecule has 116 valence electrons. The molecule has 6 heteroatoms. The number of nitrogens with one attached hydrogen (secondary N) is 2. The van der Waals surface area contributed by atoms with Gasteiger partial charge < -0.3 is 15.7 Å². The fraction of sp³-hybridized carbons (Fsp3) is 0.467. The molecule has 1 unspecified atom stereocenters. The molecule has 21 heavy (non-hydrogen) atoms. The van der Waals surface area contributed by atoms with Gasteiger partial charge in [0.1, 0.15) is 5.82 Å². The first-order valence-corrected chi connectivity index (χ1v) is 6.65. The molecule has 1 aromatic carbocycles. The number of halogens is 1. The van der Waals surface area contributed by atoms with Gasteiger partial charge in [-0.25, -0.2) is 9.18 Å². The molecule has 0 bridgehead atoms. The van der Waals surface area contributed by atoms with Gasteiger partial charge in [-0.05, 0) is 30.0 Å². The minimum absolute atomic E-state index is 0.0566. The van der Waals surface area contributed by atoms with E-state index < -0.39 is 29.3 Å². The molecule has 0 fully saturated rings. The molecule has 0 spiro atoms. The summed E-state index contributed by atoms with van der Waals surface area (Å²) in [5, 5.41) is 13.9. The Morgan fingerprint density at radius 1 is 1.33 bits per heavy atom. The van der Waals surface area contributed by atoms with Crippen LogP contribution < -0.4 is 10.6 Å². The third-order valence-corrected chi connectivity index (χ3v) is 3.10. The molecular formula is C15H21FN2O3. The summed E-state index contributed by atoms with van der Waals surface area (Å²) < 4.78 is 13.7. The Hall–Kier alpha value is -2.11. The summed E-state index contributed by atoms with van der Waals surface area (Å²) in [6.45, 7) is 7.23. The topological polar surface area (TPSA) is 78.4 Å². The summed E-state index contributed by atoms with van der Waals surface area (Å²) in [6.07, 6.45) is -0.201. The van der Waals surface area contributed by atoms with E-state index >= 15 is 0 Å². The van der Waals surface area contributed by atoms with E-state index in [1.54, 1.807) is 13.0 Å². The van der Waals surface area contributed by atoms with Crippen LogP contribution in [0.2, 0.25) is 0 Å². The third-order valence-electron chi connectivity index (χ3n) is 3.10. The van der Waals surface area contributed by atoms with E-state index in [0.717, 1.165) is 5.56 Å². The first kappa shape index (κ1) is 16.9. The number of hydrogen-bond acceptors (Lipinski definition) is 2. The molecule has 0 saturated heterocycles. The molecule has 1 rings (SSSR count). The maximum atomic E-state index is 13.7. The molecule has 1 aromatic rings. The third kappa shape index (κ3) is 5.41. The van der Waals surface area contributed by atoms with E-state index in [2.05, 4.69) is 10.6 Å². The second-order valence-corrected chi connectivity index (χ2v) is 6.10. The molecule has 0 heterocycles. The molecule has 0 aliphatic heterocycles. The largest absolute Gasteiger partial charge is 0.481 e. The number of carboxylic acid groups (broad SMARTS) is 1. The number of aryl methyl sites for hydroxylation is 1. The fourth-order valence-electron chi connectivity index (χ4n) is 1.79. The van der Waals surface area contributed by atoms with Crippen molar-refractivity contribution in [1.82, 2.24) is 5.32 Å². The van der Waals surface area contributed by atoms with Crippen LogP contribution in [0.25, 0.3) is 0 Å². The van der Waals surface area contributed by atoms with Crippen molar-refractivity contribution in [2.24, 2.45) is 5.41 Å². The summed E-state index contributed by atoms with van der Waals surface area (Å²) in [7, 11) is 0. The lowest BCUT2D eigenvalue weighted by Gasteiger charge is -2.30. The molecule has 2 amide bonds. The highest BCUT2D eigenvalue weighted by Gasteiger charge is 2.28. The van der Waals surface area contributed by atoms with Gasteiger partial charge in [0.2, 0.25) is 0 Å². The van der Waals surface area contributed by atoms with E-state index in [9.17, 15) is 14.0 Å². The Labute approximate surface area is 123 Å². The summed E-state index contributed by atoms with van der Waals surface area (Å²) in [5.41, 5.74) is 0.375. The van der Waals surface area contributed by atoms with Crippen LogP contribution >= 0.6 is 0 Å². The Bertz CT molecular complexity index is 538. The summed E-state index contributed by atoms with van der Waals surface area (Å²) in [5.74, 6) is -1.53. The number of anilines is 1. The van der Waals surface area contributed by atoms with Gasteiger partial charge in [-0.3, -0.25) is 4.79 Å². The maximum Gasteiger partial charge on any atom is 0.319 e. The summed E-state index contributed by atoms with van der Waals surface area (Å²) in [6, 6.07) is 3.26. The standard InChI is InChI=1S/C15H21FN2O3/c1-9-5-6-11(10(16)7-9)17-14(21)18-12(8-13(19)20)15(2,3)4/h5-7,12H,8H2,1-4H3,(H,19,20)(H2,17,18,21). The minimum Gasteiger partial charge on any atom is -0.481 e. The van der Waals surface area contributed by atoms with Gasteiger partial charge in [-0.1, -0.05) is 26.8 Å². The first-order chi connectivity index (χ1) is 9.59. The molecule has 0 radical (unpaired) electrons. The van der Waals surface area contributed by atoms with Gasteiger partial charge in [0.15, 0.2) is 0 Å². The van der Waals surface area contributed by atoms with Crippen LogP contribution in [0.4, 0.5) is 14.9 Å². The number of aliphatic carboxylic acids is 1. The Balaban J connectivity index is 2.76. The smallest absolute Gasteiger partial charge is 0.319 e. The van der Waals surface area contributed by atoms with Crippen molar-refractivity contribution in [3.8, 4) is 0 Å². The predicted octanol–water partition coefficient (Wildman–Crippen LogP) is 3.15. The van der Waals surface area contributed by atoms with Gasteiger partial charge in [0.25, 0.3) is 0 Å². The lowest BCUT2D eigenvalue weighted by molar-refractivity contribution is -0.138. The van der Waals surface area contributed by atoms with Crippen LogP contribution in [0.5, 0.6) is 0 Å². The van der Waals surface area contributed by atoms with Crippen LogP contribution in [0.15, 0.2) is 18.2 Å². The number of rotatable bonds is 4. The van der Waals surface area contributed by atoms with Crippen LogP contribution in [0, 0.1) is 18.2 Å². The number of carbonyl (C=O) groups excluding carboxylic acids is 1. The number of carboxylic acids is 1. The van der Waals surface area contributed by atoms with Gasteiger partial charge in [0, 0.05) is 6.04 Å². The number of carbonyl (C=O) groups is 2. The van der Waals surface area contributed by atoms with Crippen LogP contribution in [-0.2, 0) is 4.79 Å². The summed E-state index contributed by atoms with van der Waals surface area (Å²) >= 11 is 0. The molecule has 1 atom stereocenters. The van der Waals surface area contributed by atoms with Gasteiger partial charge in [-0.15, -0.1) is 0 Å². The average Bonchev–Trinajstić information content (AvgIpc) is 2.30. The van der Waals surface area contributed by atoms with E-state index in [-0.39, 0.29) is 12.1 Å². The van der Waals surface area contributed by atoms with Gasteiger partial charge in [-0.2, -0.15) is 0 Å². The Morgan fingerprint density at radius 3 is 2.43 bits per heavy atom. The van der Waals surface area contributed by atoms with Crippen LogP contribution in [-0.4, -0.2) is 23.1 Å². The first-order valence-electron chi connectivity index (χ1n) is 6.65. The van der Waals surface area contributed by atoms with Crippen molar-refractivity contribution in [3.63, 3.8) is 0 Å². The molecule has 5 nitrogen and oxygen atoms in total. The highest BCUT2D eigenvalue weighted by molar-refractivity contribution is 5.90. The molecular weight excluding hydrogens is 275 g/mol. The Morgan fingerprint density at radius 2 is 1.95 bits per heavy atom. The predicted molar refractivity (Wildman–Crippen MR) is 78.8 cm³/mol. The maximum absolute atomic E-state index is 13.7. The number of benzene rings is 1. The zero-order valence-corrected chi connectivity index (χ0v) is 12.7. The second-order valence-electron chi connectivity index (χ2n) is 6.10.